The second-order valence-corrected chi connectivity index (χ2v) is 13.0. The van der Waals surface area contributed by atoms with Crippen LogP contribution in [0.4, 0.5) is 5.82 Å². The van der Waals surface area contributed by atoms with Crippen LogP contribution in [0.5, 0.6) is 0 Å². The highest BCUT2D eigenvalue weighted by atomic mass is 35.5. The minimum absolute atomic E-state index is 0.0461. The van der Waals surface area contributed by atoms with E-state index in [2.05, 4.69) is 25.6 Å². The van der Waals surface area contributed by atoms with E-state index in [0.717, 1.165) is 11.1 Å². The summed E-state index contributed by atoms with van der Waals surface area (Å²) in [5.74, 6) is -1.86. The predicted molar refractivity (Wildman–Crippen MR) is 128 cm³/mol. The first kappa shape index (κ1) is 27.1. The van der Waals surface area contributed by atoms with Gasteiger partial charge in [-0.05, 0) is 30.5 Å². The summed E-state index contributed by atoms with van der Waals surface area (Å²) in [6.45, 7) is 1.89. The van der Waals surface area contributed by atoms with Gasteiger partial charge in [0.25, 0.3) is 0 Å². The zero-order valence-electron chi connectivity index (χ0n) is 18.9. The second kappa shape index (κ2) is 10.4. The molecule has 36 heavy (non-hydrogen) atoms. The number of anilines is 1. The van der Waals surface area contributed by atoms with Crippen molar-refractivity contribution in [2.75, 3.05) is 17.8 Å². The molecular formula is C19H25ClN6O8P2. The Morgan fingerprint density at radius 1 is 1.14 bits per heavy atom. The van der Waals surface area contributed by atoms with E-state index < -0.39 is 51.9 Å². The van der Waals surface area contributed by atoms with Crippen molar-refractivity contribution in [3.63, 3.8) is 0 Å². The molecule has 3 aromatic rings. The van der Waals surface area contributed by atoms with Gasteiger partial charge >= 0.3 is 15.2 Å². The van der Waals surface area contributed by atoms with Crippen molar-refractivity contribution in [1.82, 2.24) is 25.0 Å². The largest absolute Gasteiger partial charge is 0.390 e. The molecule has 0 saturated heterocycles. The number of nitrogens with one attached hydrogen (secondary N) is 1. The van der Waals surface area contributed by atoms with Gasteiger partial charge in [0.05, 0.1) is 18.8 Å². The minimum Gasteiger partial charge on any atom is -0.390 e. The maximum atomic E-state index is 11.9. The third-order valence-corrected chi connectivity index (χ3v) is 9.44. The van der Waals surface area contributed by atoms with Crippen LogP contribution in [0, 0.1) is 12.8 Å². The average molecular weight is 563 g/mol. The molecule has 1 aliphatic rings. The zero-order valence-corrected chi connectivity index (χ0v) is 21.5. The van der Waals surface area contributed by atoms with Crippen LogP contribution in [-0.4, -0.2) is 74.6 Å². The van der Waals surface area contributed by atoms with Gasteiger partial charge < -0.3 is 34.7 Å². The Kier molecular flexibility index (Phi) is 7.82. The monoisotopic (exact) mass is 562 g/mol. The van der Waals surface area contributed by atoms with Crippen LogP contribution in [0.25, 0.3) is 11.2 Å². The third kappa shape index (κ3) is 6.28. The lowest BCUT2D eigenvalue weighted by atomic mass is 10.1. The van der Waals surface area contributed by atoms with Crippen molar-refractivity contribution in [1.29, 1.82) is 0 Å². The van der Waals surface area contributed by atoms with E-state index in [9.17, 15) is 24.2 Å². The number of rotatable bonds is 9. The van der Waals surface area contributed by atoms with Crippen LogP contribution in [0.1, 0.15) is 23.6 Å². The Bertz CT molecular complexity index is 1340. The summed E-state index contributed by atoms with van der Waals surface area (Å²) in [6, 6.07) is 7.04. The second-order valence-electron chi connectivity index (χ2n) is 8.67. The van der Waals surface area contributed by atoms with Gasteiger partial charge in [-0.15, -0.1) is 5.10 Å². The number of benzene rings is 1. The molecule has 0 bridgehead atoms. The number of hydrogen-bond donors (Lipinski definition) is 6. The summed E-state index contributed by atoms with van der Waals surface area (Å²) < 4.78 is 29.1. The van der Waals surface area contributed by atoms with Crippen LogP contribution in [0.15, 0.2) is 24.3 Å². The number of fused-ring (bicyclic) bond motifs is 1. The summed E-state index contributed by atoms with van der Waals surface area (Å²) in [7, 11) is -9.42. The number of aryl methyl sites for hydroxylation is 1. The van der Waals surface area contributed by atoms with E-state index in [4.69, 9.17) is 25.9 Å². The molecule has 1 unspecified atom stereocenters. The Labute approximate surface area is 210 Å². The highest BCUT2D eigenvalue weighted by molar-refractivity contribution is 7.70. The van der Waals surface area contributed by atoms with Gasteiger partial charge in [-0.2, -0.15) is 9.97 Å². The van der Waals surface area contributed by atoms with E-state index in [0.29, 0.717) is 12.4 Å². The molecule has 2 aromatic heterocycles. The molecule has 0 aliphatic heterocycles. The zero-order chi connectivity index (χ0) is 26.3. The molecule has 6 N–H and O–H groups in total. The molecule has 14 nitrogen and oxygen atoms in total. The Morgan fingerprint density at radius 2 is 1.83 bits per heavy atom. The summed E-state index contributed by atoms with van der Waals surface area (Å²) in [5.41, 5.74) is 2.61. The molecule has 1 fully saturated rings. The summed E-state index contributed by atoms with van der Waals surface area (Å²) >= 11 is 6.12. The quantitative estimate of drug-likeness (QED) is 0.161. The molecule has 1 aromatic carbocycles. The number of nitrogens with zero attached hydrogens (tertiary/aromatic N) is 5. The van der Waals surface area contributed by atoms with Crippen molar-refractivity contribution >= 4 is 43.8 Å². The summed E-state index contributed by atoms with van der Waals surface area (Å²) in [5, 5.41) is 32.4. The van der Waals surface area contributed by atoms with Crippen LogP contribution < -0.4 is 5.32 Å². The fraction of sp³-hybridized carbons (Fsp3) is 0.474. The van der Waals surface area contributed by atoms with Gasteiger partial charge in [-0.1, -0.05) is 35.0 Å². The highest BCUT2D eigenvalue weighted by Gasteiger charge is 2.45. The van der Waals surface area contributed by atoms with Gasteiger partial charge in [0, 0.05) is 12.5 Å². The van der Waals surface area contributed by atoms with E-state index in [1.54, 1.807) is 0 Å². The molecule has 2 heterocycles. The van der Waals surface area contributed by atoms with Crippen LogP contribution >= 0.6 is 26.8 Å². The van der Waals surface area contributed by atoms with Gasteiger partial charge in [0.1, 0.15) is 6.10 Å². The lowest BCUT2D eigenvalue weighted by Crippen LogP contribution is -2.31. The van der Waals surface area contributed by atoms with E-state index >= 15 is 0 Å². The summed E-state index contributed by atoms with van der Waals surface area (Å²) in [4.78, 5) is 35.9. The average Bonchev–Trinajstić information content (AvgIpc) is 3.31. The van der Waals surface area contributed by atoms with E-state index in [-0.39, 0.29) is 22.9 Å². The van der Waals surface area contributed by atoms with Gasteiger partial charge in [0.15, 0.2) is 22.9 Å². The Morgan fingerprint density at radius 3 is 2.50 bits per heavy atom. The molecule has 5 atom stereocenters. The fourth-order valence-corrected chi connectivity index (χ4v) is 6.81. The molecule has 1 aliphatic carbocycles. The topological polar surface area (TPSA) is 213 Å². The number of aliphatic hydroxyl groups is 2. The lowest BCUT2D eigenvalue weighted by Gasteiger charge is -2.19. The molecule has 196 valence electrons. The normalized spacial score (nSPS) is 24.2. The fourth-order valence-electron chi connectivity index (χ4n) is 4.03. The molecule has 0 radical (unpaired) electrons. The number of aromatic nitrogens is 5. The number of aliphatic hydroxyl groups excluding tert-OH is 2. The predicted octanol–water partition coefficient (Wildman–Crippen LogP) is 1.42. The molecule has 4 rings (SSSR count). The van der Waals surface area contributed by atoms with Gasteiger partial charge in [-0.25, -0.2) is 4.68 Å². The first-order valence-corrected chi connectivity index (χ1v) is 14.7. The maximum absolute atomic E-state index is 11.9. The van der Waals surface area contributed by atoms with Crippen LogP contribution in [0.3, 0.4) is 0 Å². The third-order valence-electron chi connectivity index (χ3n) is 5.82. The van der Waals surface area contributed by atoms with Gasteiger partial charge in [0.2, 0.25) is 5.28 Å². The van der Waals surface area contributed by atoms with E-state index in [1.165, 1.54) is 4.68 Å². The Balaban J connectivity index is 1.52. The standard InChI is InChI=1S/C19H25ClN6O8P2/c1-10-2-4-11(5-3-10)7-21-17-14-18(23-19(20)22-17)26(25-24-14)13-6-12(15(27)16(13)28)8-34-36(32,33)9-35(29,30)31/h2-5,12-13,15-16,27-28H,6-9H2,1H3,(H,32,33)(H,21,22,23)(H2,29,30,31)/t12-,13-,15-,16+/m1/s1. The molecule has 17 heteroatoms. The van der Waals surface area contributed by atoms with Crippen molar-refractivity contribution < 1.29 is 38.5 Å². The summed E-state index contributed by atoms with van der Waals surface area (Å²) in [6.07, 6.45) is -2.69. The van der Waals surface area contributed by atoms with Crippen molar-refractivity contribution in [2.24, 2.45) is 5.92 Å². The van der Waals surface area contributed by atoms with Crippen molar-refractivity contribution in [3.8, 4) is 0 Å². The first-order chi connectivity index (χ1) is 16.8. The van der Waals surface area contributed by atoms with E-state index in [1.807, 2.05) is 31.2 Å². The first-order valence-electron chi connectivity index (χ1n) is 10.8. The Hall–Kier alpha value is -1.99. The SMILES string of the molecule is Cc1ccc(CNc2nc(Cl)nc3c2nnn3[C@@H]2C[C@H](COP(=O)(O)CP(=O)(O)O)[C@@H](O)[C@H]2O)cc1. The molecular weight excluding hydrogens is 538 g/mol. The highest BCUT2D eigenvalue weighted by Crippen LogP contribution is 2.56. The molecule has 0 spiro atoms. The van der Waals surface area contributed by atoms with Crippen molar-refractivity contribution in [3.05, 3.63) is 40.7 Å². The molecule has 0 amide bonds. The number of hydrogen-bond acceptors (Lipinski definition) is 10. The van der Waals surface area contributed by atoms with Crippen LogP contribution in [0.2, 0.25) is 5.28 Å². The van der Waals surface area contributed by atoms with Gasteiger partial charge in [-0.3, -0.25) is 9.13 Å². The maximum Gasteiger partial charge on any atom is 0.340 e. The van der Waals surface area contributed by atoms with Crippen LogP contribution in [-0.2, 0) is 20.2 Å². The number of halogens is 1. The lowest BCUT2D eigenvalue weighted by molar-refractivity contribution is -0.00362. The molecule has 1 saturated carbocycles. The van der Waals surface area contributed by atoms with Crippen molar-refractivity contribution in [2.45, 2.75) is 38.1 Å². The smallest absolute Gasteiger partial charge is 0.340 e. The minimum atomic E-state index is -4.80.